The second kappa shape index (κ2) is 11.2. The number of nitrogens with zero attached hydrogens (tertiary/aromatic N) is 3. The van der Waals surface area contributed by atoms with Crippen LogP contribution in [-0.2, 0) is 13.0 Å². The van der Waals surface area contributed by atoms with Crippen LogP contribution in [0.1, 0.15) is 18.2 Å². The number of hydrogen-bond donors (Lipinski definition) is 2. The first-order chi connectivity index (χ1) is 12.4. The molecule has 0 radical (unpaired) electrons. The summed E-state index contributed by atoms with van der Waals surface area (Å²) < 4.78 is 2.20. The van der Waals surface area contributed by atoms with Gasteiger partial charge in [0.15, 0.2) is 5.96 Å². The predicted octanol–water partition coefficient (Wildman–Crippen LogP) is 3.90. The lowest BCUT2D eigenvalue weighted by molar-refractivity contribution is 0.662. The molecular formula is C19H26IN5S. The zero-order valence-corrected chi connectivity index (χ0v) is 18.2. The van der Waals surface area contributed by atoms with Gasteiger partial charge in [0.1, 0.15) is 0 Å². The maximum atomic E-state index is 4.68. The van der Waals surface area contributed by atoms with Gasteiger partial charge in [0.05, 0.1) is 17.4 Å². The maximum Gasteiger partial charge on any atom is 0.191 e. The largest absolute Gasteiger partial charge is 0.357 e. The van der Waals surface area contributed by atoms with E-state index in [1.165, 1.54) is 10.4 Å². The molecule has 0 fully saturated rings. The molecule has 0 aliphatic carbocycles. The van der Waals surface area contributed by atoms with Crippen molar-refractivity contribution in [2.45, 2.75) is 26.3 Å². The Hall–Kier alpha value is -1.61. The number of aliphatic imine (C=N–C) groups is 1. The van der Waals surface area contributed by atoms with Gasteiger partial charge < -0.3 is 15.2 Å². The van der Waals surface area contributed by atoms with Crippen LogP contribution in [0.4, 0.5) is 0 Å². The van der Waals surface area contributed by atoms with Gasteiger partial charge in [-0.2, -0.15) is 0 Å². The van der Waals surface area contributed by atoms with E-state index in [-0.39, 0.29) is 24.0 Å². The lowest BCUT2D eigenvalue weighted by Gasteiger charge is -2.11. The molecule has 1 aromatic carbocycles. The van der Waals surface area contributed by atoms with E-state index >= 15 is 0 Å². The van der Waals surface area contributed by atoms with E-state index in [1.807, 2.05) is 18.5 Å². The molecule has 2 heterocycles. The summed E-state index contributed by atoms with van der Waals surface area (Å²) in [7, 11) is 0. The number of halogens is 1. The quantitative estimate of drug-likeness (QED) is 0.221. The number of guanidine groups is 1. The third-order valence-corrected chi connectivity index (χ3v) is 4.88. The highest BCUT2D eigenvalue weighted by Crippen LogP contribution is 2.12. The predicted molar refractivity (Wildman–Crippen MR) is 122 cm³/mol. The normalized spacial score (nSPS) is 11.3. The van der Waals surface area contributed by atoms with Crippen LogP contribution in [0.25, 0.3) is 11.0 Å². The molecule has 2 N–H and O–H groups in total. The number of imidazole rings is 1. The van der Waals surface area contributed by atoms with Gasteiger partial charge in [-0.15, -0.1) is 35.3 Å². The molecule has 0 saturated heterocycles. The summed E-state index contributed by atoms with van der Waals surface area (Å²) in [4.78, 5) is 10.5. The summed E-state index contributed by atoms with van der Waals surface area (Å²) in [5, 5.41) is 8.84. The Morgan fingerprint density at radius 2 is 2.08 bits per heavy atom. The molecule has 0 amide bonds. The van der Waals surface area contributed by atoms with Crippen molar-refractivity contribution in [2.75, 3.05) is 19.6 Å². The number of hydrogen-bond acceptors (Lipinski definition) is 3. The first-order valence-corrected chi connectivity index (χ1v) is 9.69. The van der Waals surface area contributed by atoms with Crippen molar-refractivity contribution in [3.63, 3.8) is 0 Å². The summed E-state index contributed by atoms with van der Waals surface area (Å²) in [6, 6.07) is 12.5. The highest BCUT2D eigenvalue weighted by molar-refractivity contribution is 14.0. The molecule has 140 valence electrons. The topological polar surface area (TPSA) is 54.2 Å². The van der Waals surface area contributed by atoms with Gasteiger partial charge in [-0.3, -0.25) is 4.99 Å². The molecule has 0 saturated carbocycles. The molecule has 0 bridgehead atoms. The summed E-state index contributed by atoms with van der Waals surface area (Å²) in [5.74, 6) is 0.898. The second-order valence-electron chi connectivity index (χ2n) is 5.80. The average Bonchev–Trinajstić information content (AvgIpc) is 3.28. The van der Waals surface area contributed by atoms with Crippen LogP contribution in [-0.4, -0.2) is 35.1 Å². The molecule has 5 nitrogen and oxygen atoms in total. The lowest BCUT2D eigenvalue weighted by atomic mass is 10.3. The van der Waals surface area contributed by atoms with Gasteiger partial charge in [-0.1, -0.05) is 18.2 Å². The smallest absolute Gasteiger partial charge is 0.191 e. The van der Waals surface area contributed by atoms with E-state index < -0.39 is 0 Å². The van der Waals surface area contributed by atoms with Crippen molar-refractivity contribution in [3.8, 4) is 0 Å². The van der Waals surface area contributed by atoms with Crippen LogP contribution in [0, 0.1) is 0 Å². The fourth-order valence-corrected chi connectivity index (χ4v) is 3.43. The van der Waals surface area contributed by atoms with E-state index in [4.69, 9.17) is 0 Å². The van der Waals surface area contributed by atoms with Crippen LogP contribution in [0.15, 0.2) is 53.1 Å². The average molecular weight is 483 g/mol. The highest BCUT2D eigenvalue weighted by atomic mass is 127. The summed E-state index contributed by atoms with van der Waals surface area (Å²) in [5.41, 5.74) is 2.24. The third kappa shape index (κ3) is 5.98. The monoisotopic (exact) mass is 483 g/mol. The van der Waals surface area contributed by atoms with Crippen LogP contribution >= 0.6 is 35.3 Å². The van der Waals surface area contributed by atoms with Crippen LogP contribution in [0.5, 0.6) is 0 Å². The number of thiophene rings is 1. The third-order valence-electron chi connectivity index (χ3n) is 3.94. The van der Waals surface area contributed by atoms with Crippen molar-refractivity contribution in [1.82, 2.24) is 20.2 Å². The zero-order valence-electron chi connectivity index (χ0n) is 15.0. The van der Waals surface area contributed by atoms with E-state index in [0.29, 0.717) is 0 Å². The van der Waals surface area contributed by atoms with Gasteiger partial charge in [-0.25, -0.2) is 4.98 Å². The minimum absolute atomic E-state index is 0. The molecule has 0 spiro atoms. The minimum atomic E-state index is 0. The molecule has 7 heteroatoms. The van der Waals surface area contributed by atoms with Gasteiger partial charge >= 0.3 is 0 Å². The van der Waals surface area contributed by atoms with E-state index in [9.17, 15) is 0 Å². The maximum absolute atomic E-state index is 4.68. The fraction of sp³-hybridized carbons (Fsp3) is 0.368. The lowest BCUT2D eigenvalue weighted by Crippen LogP contribution is -2.38. The first kappa shape index (κ1) is 20.7. The fourth-order valence-electron chi connectivity index (χ4n) is 2.72. The van der Waals surface area contributed by atoms with Gasteiger partial charge in [-0.05, 0) is 43.3 Å². The van der Waals surface area contributed by atoms with Gasteiger partial charge in [0.25, 0.3) is 0 Å². The Labute approximate surface area is 176 Å². The number of para-hydroxylation sites is 2. The van der Waals surface area contributed by atoms with Crippen molar-refractivity contribution >= 4 is 52.3 Å². The first-order valence-electron chi connectivity index (χ1n) is 8.81. The second-order valence-corrected chi connectivity index (χ2v) is 6.83. The SMILES string of the molecule is CCNC(=NCCCn1cnc2ccccc21)NCCc1cccs1.I. The number of aromatic nitrogens is 2. The highest BCUT2D eigenvalue weighted by Gasteiger charge is 2.01. The molecule has 26 heavy (non-hydrogen) atoms. The Morgan fingerprint density at radius 1 is 1.19 bits per heavy atom. The molecule has 0 aliphatic rings. The molecule has 2 aromatic heterocycles. The number of rotatable bonds is 8. The van der Waals surface area contributed by atoms with Gasteiger partial charge in [0, 0.05) is 31.1 Å². The Morgan fingerprint density at radius 3 is 2.88 bits per heavy atom. The van der Waals surface area contributed by atoms with Crippen molar-refractivity contribution in [1.29, 1.82) is 0 Å². The molecular weight excluding hydrogens is 457 g/mol. The number of fused-ring (bicyclic) bond motifs is 1. The van der Waals surface area contributed by atoms with Crippen molar-refractivity contribution in [2.24, 2.45) is 4.99 Å². The molecule has 3 rings (SSSR count). The van der Waals surface area contributed by atoms with E-state index in [0.717, 1.165) is 50.5 Å². The number of aryl methyl sites for hydroxylation is 1. The molecule has 0 atom stereocenters. The van der Waals surface area contributed by atoms with Crippen molar-refractivity contribution < 1.29 is 0 Å². The standard InChI is InChI=1S/C19H25N5S.HI/c1-2-20-19(22-12-10-16-7-5-14-25-16)21-11-6-13-24-15-23-17-8-3-4-9-18(17)24;/h3-5,7-9,14-15H,2,6,10-13H2,1H3,(H2,20,21,22);1H. The van der Waals surface area contributed by atoms with E-state index in [1.54, 1.807) is 11.3 Å². The van der Waals surface area contributed by atoms with Crippen LogP contribution < -0.4 is 10.6 Å². The summed E-state index contributed by atoms with van der Waals surface area (Å²) in [6.45, 7) is 5.59. The molecule has 0 aliphatic heterocycles. The Bertz CT molecular complexity index is 797. The Balaban J connectivity index is 0.00000243. The zero-order chi connectivity index (χ0) is 17.3. The minimum Gasteiger partial charge on any atom is -0.357 e. The van der Waals surface area contributed by atoms with Gasteiger partial charge in [0.2, 0.25) is 0 Å². The Kier molecular flexibility index (Phi) is 8.90. The number of benzene rings is 1. The summed E-state index contributed by atoms with van der Waals surface area (Å²) >= 11 is 1.80. The summed E-state index contributed by atoms with van der Waals surface area (Å²) in [6.07, 6.45) is 3.93. The van der Waals surface area contributed by atoms with Crippen LogP contribution in [0.3, 0.4) is 0 Å². The van der Waals surface area contributed by atoms with E-state index in [2.05, 4.69) is 61.7 Å². The molecule has 0 unspecified atom stereocenters. The molecule has 3 aromatic rings. The number of nitrogens with one attached hydrogen (secondary N) is 2. The van der Waals surface area contributed by atoms with Crippen LogP contribution in [0.2, 0.25) is 0 Å². The van der Waals surface area contributed by atoms with Crippen molar-refractivity contribution in [3.05, 3.63) is 53.0 Å².